The Morgan fingerprint density at radius 1 is 1.40 bits per heavy atom. The van der Waals surface area contributed by atoms with Crippen molar-refractivity contribution in [3.05, 3.63) is 0 Å². The maximum absolute atomic E-state index is 11.8. The van der Waals surface area contributed by atoms with Crippen molar-refractivity contribution in [2.24, 2.45) is 0 Å². The first-order chi connectivity index (χ1) is 9.38. The quantitative estimate of drug-likeness (QED) is 0.630. The lowest BCUT2D eigenvalue weighted by Crippen LogP contribution is -2.57. The number of nitrogens with zero attached hydrogens (tertiary/aromatic N) is 1. The van der Waals surface area contributed by atoms with Crippen molar-refractivity contribution in [3.63, 3.8) is 0 Å². The van der Waals surface area contributed by atoms with Crippen LogP contribution in [0.3, 0.4) is 0 Å². The maximum atomic E-state index is 11.8. The summed E-state index contributed by atoms with van der Waals surface area (Å²) in [5.41, 5.74) is -0.529. The lowest BCUT2D eigenvalue weighted by atomic mass is 9.74. The van der Waals surface area contributed by atoms with Crippen LogP contribution in [-0.4, -0.2) is 53.7 Å². The first kappa shape index (κ1) is 16.8. The number of rotatable bonds is 8. The van der Waals surface area contributed by atoms with E-state index < -0.39 is 11.5 Å². The van der Waals surface area contributed by atoms with E-state index in [0.29, 0.717) is 12.6 Å². The van der Waals surface area contributed by atoms with Crippen molar-refractivity contribution in [1.82, 2.24) is 15.5 Å². The van der Waals surface area contributed by atoms with Gasteiger partial charge in [0.1, 0.15) is 0 Å². The van der Waals surface area contributed by atoms with E-state index in [9.17, 15) is 9.59 Å². The molecule has 116 valence electrons. The molecule has 0 spiro atoms. The van der Waals surface area contributed by atoms with Crippen LogP contribution in [0.5, 0.6) is 0 Å². The van der Waals surface area contributed by atoms with E-state index in [2.05, 4.69) is 29.4 Å². The van der Waals surface area contributed by atoms with E-state index in [4.69, 9.17) is 5.11 Å². The molecule has 3 N–H and O–H groups in total. The van der Waals surface area contributed by atoms with Crippen LogP contribution in [0.1, 0.15) is 46.0 Å². The molecule has 0 heterocycles. The van der Waals surface area contributed by atoms with Crippen LogP contribution in [0, 0.1) is 0 Å². The number of urea groups is 1. The van der Waals surface area contributed by atoms with Crippen molar-refractivity contribution in [3.8, 4) is 0 Å². The van der Waals surface area contributed by atoms with Gasteiger partial charge in [-0.2, -0.15) is 0 Å². The molecule has 1 aliphatic carbocycles. The zero-order chi connectivity index (χ0) is 15.2. The van der Waals surface area contributed by atoms with Crippen LogP contribution in [-0.2, 0) is 4.79 Å². The number of aliphatic carboxylic acids is 1. The van der Waals surface area contributed by atoms with E-state index in [1.54, 1.807) is 0 Å². The number of amides is 2. The summed E-state index contributed by atoms with van der Waals surface area (Å²) in [6.07, 6.45) is 3.56. The van der Waals surface area contributed by atoms with Gasteiger partial charge < -0.3 is 20.6 Å². The fourth-order valence-electron chi connectivity index (χ4n) is 2.40. The van der Waals surface area contributed by atoms with Gasteiger partial charge in [-0.05, 0) is 39.7 Å². The summed E-state index contributed by atoms with van der Waals surface area (Å²) in [5.74, 6) is -0.860. The number of hydrogen-bond acceptors (Lipinski definition) is 3. The van der Waals surface area contributed by atoms with Gasteiger partial charge in [0.15, 0.2) is 0 Å². The van der Waals surface area contributed by atoms with Gasteiger partial charge in [0.25, 0.3) is 0 Å². The molecule has 1 saturated carbocycles. The first-order valence-corrected chi connectivity index (χ1v) is 7.36. The minimum absolute atomic E-state index is 0.00713. The number of nitrogens with one attached hydrogen (secondary N) is 2. The Bertz CT molecular complexity index is 343. The Morgan fingerprint density at radius 2 is 2.05 bits per heavy atom. The summed E-state index contributed by atoms with van der Waals surface area (Å²) >= 11 is 0. The van der Waals surface area contributed by atoms with Crippen LogP contribution in [0.2, 0.25) is 0 Å². The molecule has 0 aromatic carbocycles. The Hall–Kier alpha value is -1.30. The second-order valence-corrected chi connectivity index (χ2v) is 5.82. The van der Waals surface area contributed by atoms with Gasteiger partial charge in [0, 0.05) is 19.1 Å². The standard InChI is InChI=1S/C14H27N3O3/c1-4-11(2)17(3)9-8-15-13(20)16-14(6-5-7-14)10-12(18)19/h11H,4-10H2,1-3H3,(H,18,19)(H2,15,16,20). The van der Waals surface area contributed by atoms with E-state index in [1.807, 2.05) is 7.05 Å². The van der Waals surface area contributed by atoms with E-state index in [-0.39, 0.29) is 12.5 Å². The summed E-state index contributed by atoms with van der Waals surface area (Å²) in [6.45, 7) is 5.63. The third-order valence-electron chi connectivity index (χ3n) is 4.27. The van der Waals surface area contributed by atoms with Crippen LogP contribution in [0.15, 0.2) is 0 Å². The average molecular weight is 285 g/mol. The normalized spacial score (nSPS) is 18.2. The number of carboxylic acids is 1. The summed E-state index contributed by atoms with van der Waals surface area (Å²) in [4.78, 5) is 24.8. The van der Waals surface area contributed by atoms with Crippen molar-refractivity contribution in [1.29, 1.82) is 0 Å². The molecule has 1 fully saturated rings. The highest BCUT2D eigenvalue weighted by Crippen LogP contribution is 2.34. The highest BCUT2D eigenvalue weighted by molar-refractivity contribution is 5.77. The van der Waals surface area contributed by atoms with Gasteiger partial charge in [0.05, 0.1) is 12.0 Å². The zero-order valence-corrected chi connectivity index (χ0v) is 12.7. The number of hydrogen-bond donors (Lipinski definition) is 3. The van der Waals surface area contributed by atoms with Crippen LogP contribution < -0.4 is 10.6 Å². The monoisotopic (exact) mass is 285 g/mol. The SMILES string of the molecule is CCC(C)N(C)CCNC(=O)NC1(CC(=O)O)CCC1. The largest absolute Gasteiger partial charge is 0.481 e. The van der Waals surface area contributed by atoms with Crippen molar-refractivity contribution >= 4 is 12.0 Å². The molecule has 0 bridgehead atoms. The maximum Gasteiger partial charge on any atom is 0.315 e. The van der Waals surface area contributed by atoms with E-state index in [1.165, 1.54) is 0 Å². The van der Waals surface area contributed by atoms with Gasteiger partial charge in [0.2, 0.25) is 0 Å². The summed E-state index contributed by atoms with van der Waals surface area (Å²) < 4.78 is 0. The smallest absolute Gasteiger partial charge is 0.315 e. The Morgan fingerprint density at radius 3 is 2.50 bits per heavy atom. The molecule has 1 rings (SSSR count). The second kappa shape index (κ2) is 7.47. The molecule has 1 atom stereocenters. The molecular weight excluding hydrogens is 258 g/mol. The lowest BCUT2D eigenvalue weighted by molar-refractivity contribution is -0.139. The van der Waals surface area contributed by atoms with Gasteiger partial charge >= 0.3 is 12.0 Å². The van der Waals surface area contributed by atoms with Gasteiger partial charge in [-0.3, -0.25) is 4.79 Å². The Kier molecular flexibility index (Phi) is 6.26. The molecule has 1 aliphatic rings. The fourth-order valence-corrected chi connectivity index (χ4v) is 2.40. The zero-order valence-electron chi connectivity index (χ0n) is 12.7. The average Bonchev–Trinajstić information content (AvgIpc) is 2.34. The van der Waals surface area contributed by atoms with E-state index in [0.717, 1.165) is 32.2 Å². The lowest BCUT2D eigenvalue weighted by Gasteiger charge is -2.41. The van der Waals surface area contributed by atoms with Gasteiger partial charge in [-0.15, -0.1) is 0 Å². The molecule has 6 heteroatoms. The minimum atomic E-state index is -0.860. The predicted octanol–water partition coefficient (Wildman–Crippen LogP) is 1.41. The third-order valence-corrected chi connectivity index (χ3v) is 4.27. The predicted molar refractivity (Wildman–Crippen MR) is 77.8 cm³/mol. The molecule has 1 unspecified atom stereocenters. The highest BCUT2D eigenvalue weighted by atomic mass is 16.4. The Labute approximate surface area is 120 Å². The summed E-state index contributed by atoms with van der Waals surface area (Å²) in [5, 5.41) is 14.5. The summed E-state index contributed by atoms with van der Waals surface area (Å²) in [6, 6.07) is 0.230. The fraction of sp³-hybridized carbons (Fsp3) is 0.857. The molecule has 2 amide bonds. The molecule has 0 saturated heterocycles. The molecule has 0 aromatic rings. The van der Waals surface area contributed by atoms with Crippen molar-refractivity contribution in [2.75, 3.05) is 20.1 Å². The number of carbonyl (C=O) groups is 2. The number of carboxylic acid groups (broad SMARTS) is 1. The van der Waals surface area contributed by atoms with Crippen LogP contribution >= 0.6 is 0 Å². The first-order valence-electron chi connectivity index (χ1n) is 7.36. The Balaban J connectivity index is 2.27. The number of carbonyl (C=O) groups excluding carboxylic acids is 1. The molecule has 0 aliphatic heterocycles. The van der Waals surface area contributed by atoms with Crippen LogP contribution in [0.4, 0.5) is 4.79 Å². The van der Waals surface area contributed by atoms with Crippen molar-refractivity contribution in [2.45, 2.75) is 57.5 Å². The molecule has 6 nitrogen and oxygen atoms in total. The van der Waals surface area contributed by atoms with E-state index >= 15 is 0 Å². The topological polar surface area (TPSA) is 81.7 Å². The van der Waals surface area contributed by atoms with Crippen LogP contribution in [0.25, 0.3) is 0 Å². The molecule has 0 aromatic heterocycles. The third kappa shape index (κ3) is 5.00. The molecular formula is C14H27N3O3. The summed E-state index contributed by atoms with van der Waals surface area (Å²) in [7, 11) is 2.03. The number of likely N-dealkylation sites (N-methyl/N-ethyl adjacent to an activating group) is 1. The highest BCUT2D eigenvalue weighted by Gasteiger charge is 2.40. The van der Waals surface area contributed by atoms with Gasteiger partial charge in [-0.1, -0.05) is 6.92 Å². The van der Waals surface area contributed by atoms with Crippen molar-refractivity contribution < 1.29 is 14.7 Å². The second-order valence-electron chi connectivity index (χ2n) is 5.82. The van der Waals surface area contributed by atoms with Gasteiger partial charge in [-0.25, -0.2) is 4.79 Å². The minimum Gasteiger partial charge on any atom is -0.481 e. The molecule has 20 heavy (non-hydrogen) atoms. The molecule has 0 radical (unpaired) electrons.